The minimum absolute atomic E-state index is 0.0324. The molecular weight excluding hydrogens is 258 g/mol. The first-order valence-corrected chi connectivity index (χ1v) is 6.42. The molecule has 2 unspecified atom stereocenters. The van der Waals surface area contributed by atoms with Crippen molar-refractivity contribution in [1.29, 1.82) is 0 Å². The SMILES string of the molecule is CC(C=O)C(C=O)[C@@H]1CC(=O)N(c2ccccc2)C1=O. The predicted molar refractivity (Wildman–Crippen MR) is 71.8 cm³/mol. The van der Waals surface area contributed by atoms with Crippen molar-refractivity contribution in [2.24, 2.45) is 17.8 Å². The number of anilines is 1. The third kappa shape index (κ3) is 2.39. The Kier molecular flexibility index (Phi) is 4.08. The van der Waals surface area contributed by atoms with Crippen molar-refractivity contribution in [3.8, 4) is 0 Å². The standard InChI is InChI=1S/C15H15NO4/c1-10(8-17)13(9-18)12-7-14(19)16(15(12)20)11-5-3-2-4-6-11/h2-6,8-10,12-13H,7H2,1H3/t10?,12-,13?/m0/s1. The average molecular weight is 273 g/mol. The molecule has 1 saturated heterocycles. The summed E-state index contributed by atoms with van der Waals surface area (Å²) in [5.41, 5.74) is 0.494. The second kappa shape index (κ2) is 5.77. The van der Waals surface area contributed by atoms with Gasteiger partial charge in [0.15, 0.2) is 0 Å². The van der Waals surface area contributed by atoms with Crippen LogP contribution in [0.4, 0.5) is 5.69 Å². The molecule has 1 aliphatic heterocycles. The number of aldehydes is 2. The summed E-state index contributed by atoms with van der Waals surface area (Å²) in [4.78, 5) is 47.5. The zero-order valence-corrected chi connectivity index (χ0v) is 11.1. The molecule has 104 valence electrons. The van der Waals surface area contributed by atoms with Crippen LogP contribution in [-0.2, 0) is 19.2 Å². The van der Waals surface area contributed by atoms with Crippen LogP contribution >= 0.6 is 0 Å². The summed E-state index contributed by atoms with van der Waals surface area (Å²) in [6, 6.07) is 8.58. The molecule has 0 N–H and O–H groups in total. The summed E-state index contributed by atoms with van der Waals surface area (Å²) in [6.45, 7) is 1.58. The van der Waals surface area contributed by atoms with Gasteiger partial charge in [0.25, 0.3) is 0 Å². The predicted octanol–water partition coefficient (Wildman–Crippen LogP) is 1.22. The van der Waals surface area contributed by atoms with E-state index in [-0.39, 0.29) is 12.3 Å². The number of para-hydroxylation sites is 1. The zero-order valence-electron chi connectivity index (χ0n) is 11.1. The summed E-state index contributed by atoms with van der Waals surface area (Å²) in [5, 5.41) is 0. The summed E-state index contributed by atoms with van der Waals surface area (Å²) >= 11 is 0. The van der Waals surface area contributed by atoms with Crippen LogP contribution in [0.2, 0.25) is 0 Å². The molecule has 2 amide bonds. The Balaban J connectivity index is 2.29. The van der Waals surface area contributed by atoms with Crippen LogP contribution in [0.15, 0.2) is 30.3 Å². The number of nitrogens with zero attached hydrogens (tertiary/aromatic N) is 1. The molecule has 0 saturated carbocycles. The molecule has 1 aromatic rings. The van der Waals surface area contributed by atoms with Crippen LogP contribution in [0.1, 0.15) is 13.3 Å². The van der Waals surface area contributed by atoms with Crippen molar-refractivity contribution < 1.29 is 19.2 Å². The number of amides is 2. The summed E-state index contributed by atoms with van der Waals surface area (Å²) in [7, 11) is 0. The molecule has 2 rings (SSSR count). The summed E-state index contributed by atoms with van der Waals surface area (Å²) in [5.74, 6) is -2.83. The lowest BCUT2D eigenvalue weighted by Gasteiger charge is -2.19. The number of carbonyl (C=O) groups is 4. The van der Waals surface area contributed by atoms with Crippen LogP contribution in [0.25, 0.3) is 0 Å². The molecule has 1 heterocycles. The van der Waals surface area contributed by atoms with Crippen LogP contribution in [0, 0.1) is 17.8 Å². The molecule has 1 aliphatic rings. The maximum absolute atomic E-state index is 12.4. The van der Waals surface area contributed by atoms with Gasteiger partial charge >= 0.3 is 0 Å². The van der Waals surface area contributed by atoms with Crippen molar-refractivity contribution in [2.45, 2.75) is 13.3 Å². The first kappa shape index (κ1) is 14.1. The van der Waals surface area contributed by atoms with Gasteiger partial charge in [-0.25, -0.2) is 0 Å². The van der Waals surface area contributed by atoms with Gasteiger partial charge in [-0.05, 0) is 12.1 Å². The smallest absolute Gasteiger partial charge is 0.238 e. The van der Waals surface area contributed by atoms with Gasteiger partial charge in [-0.3, -0.25) is 14.5 Å². The minimum Gasteiger partial charge on any atom is -0.303 e. The van der Waals surface area contributed by atoms with Gasteiger partial charge < -0.3 is 9.59 Å². The van der Waals surface area contributed by atoms with E-state index >= 15 is 0 Å². The lowest BCUT2D eigenvalue weighted by atomic mass is 9.83. The van der Waals surface area contributed by atoms with Crippen LogP contribution in [0.5, 0.6) is 0 Å². The number of hydrogen-bond donors (Lipinski definition) is 0. The largest absolute Gasteiger partial charge is 0.303 e. The number of carbonyl (C=O) groups excluding carboxylic acids is 4. The van der Waals surface area contributed by atoms with Crippen LogP contribution in [-0.4, -0.2) is 24.4 Å². The molecular formula is C15H15NO4. The third-order valence-corrected chi connectivity index (χ3v) is 3.64. The van der Waals surface area contributed by atoms with E-state index in [0.717, 1.165) is 4.90 Å². The number of imide groups is 1. The Morgan fingerprint density at radius 3 is 2.35 bits per heavy atom. The normalized spacial score (nSPS) is 21.6. The van der Waals surface area contributed by atoms with Crippen LogP contribution in [0.3, 0.4) is 0 Å². The molecule has 0 radical (unpaired) electrons. The van der Waals surface area contributed by atoms with E-state index < -0.39 is 23.7 Å². The number of rotatable bonds is 5. The van der Waals surface area contributed by atoms with Gasteiger partial charge in [0.2, 0.25) is 11.8 Å². The Labute approximate surface area is 116 Å². The zero-order chi connectivity index (χ0) is 14.7. The average Bonchev–Trinajstić information content (AvgIpc) is 2.75. The molecule has 20 heavy (non-hydrogen) atoms. The molecule has 0 bridgehead atoms. The van der Waals surface area contributed by atoms with E-state index in [4.69, 9.17) is 0 Å². The summed E-state index contributed by atoms with van der Waals surface area (Å²) in [6.07, 6.45) is 1.21. The van der Waals surface area contributed by atoms with E-state index in [1.54, 1.807) is 37.3 Å². The Bertz CT molecular complexity index is 540. The molecule has 5 heteroatoms. The molecule has 3 atom stereocenters. The second-order valence-electron chi connectivity index (χ2n) is 4.92. The topological polar surface area (TPSA) is 71.5 Å². The Hall–Kier alpha value is -2.30. The quantitative estimate of drug-likeness (QED) is 0.597. The number of hydrogen-bond acceptors (Lipinski definition) is 4. The fourth-order valence-electron chi connectivity index (χ4n) is 2.48. The highest BCUT2D eigenvalue weighted by molar-refractivity contribution is 6.21. The fraction of sp³-hybridized carbons (Fsp3) is 0.333. The van der Waals surface area contributed by atoms with Crippen molar-refractivity contribution >= 4 is 30.1 Å². The van der Waals surface area contributed by atoms with E-state index in [1.807, 2.05) is 0 Å². The first-order valence-electron chi connectivity index (χ1n) is 6.42. The van der Waals surface area contributed by atoms with Crippen molar-refractivity contribution in [3.63, 3.8) is 0 Å². The maximum Gasteiger partial charge on any atom is 0.238 e. The molecule has 0 aliphatic carbocycles. The van der Waals surface area contributed by atoms with Crippen molar-refractivity contribution in [1.82, 2.24) is 0 Å². The van der Waals surface area contributed by atoms with Gasteiger partial charge in [-0.15, -0.1) is 0 Å². The monoisotopic (exact) mass is 273 g/mol. The molecule has 1 fully saturated rings. The van der Waals surface area contributed by atoms with Crippen molar-refractivity contribution in [2.75, 3.05) is 4.90 Å². The highest BCUT2D eigenvalue weighted by Crippen LogP contribution is 2.32. The lowest BCUT2D eigenvalue weighted by molar-refractivity contribution is -0.128. The van der Waals surface area contributed by atoms with Gasteiger partial charge in [0, 0.05) is 18.3 Å². The first-order chi connectivity index (χ1) is 9.60. The van der Waals surface area contributed by atoms with Gasteiger partial charge in [0.05, 0.1) is 11.6 Å². The molecule has 1 aromatic carbocycles. The Morgan fingerprint density at radius 1 is 1.15 bits per heavy atom. The minimum atomic E-state index is -0.752. The van der Waals surface area contributed by atoms with Gasteiger partial charge in [0.1, 0.15) is 12.6 Å². The van der Waals surface area contributed by atoms with Gasteiger partial charge in [-0.1, -0.05) is 25.1 Å². The molecule has 5 nitrogen and oxygen atoms in total. The fourth-order valence-corrected chi connectivity index (χ4v) is 2.48. The highest BCUT2D eigenvalue weighted by atomic mass is 16.2. The second-order valence-corrected chi connectivity index (χ2v) is 4.92. The van der Waals surface area contributed by atoms with E-state index in [2.05, 4.69) is 0 Å². The Morgan fingerprint density at radius 2 is 1.80 bits per heavy atom. The maximum atomic E-state index is 12.4. The van der Waals surface area contributed by atoms with Gasteiger partial charge in [-0.2, -0.15) is 0 Å². The van der Waals surface area contributed by atoms with Crippen molar-refractivity contribution in [3.05, 3.63) is 30.3 Å². The number of benzene rings is 1. The van der Waals surface area contributed by atoms with E-state index in [1.165, 1.54) is 0 Å². The molecule has 0 aromatic heterocycles. The highest BCUT2D eigenvalue weighted by Gasteiger charge is 2.44. The van der Waals surface area contributed by atoms with Crippen LogP contribution < -0.4 is 4.90 Å². The van der Waals surface area contributed by atoms with E-state index in [0.29, 0.717) is 18.3 Å². The molecule has 0 spiro atoms. The third-order valence-electron chi connectivity index (χ3n) is 3.64. The lowest BCUT2D eigenvalue weighted by Crippen LogP contribution is -2.34. The van der Waals surface area contributed by atoms with E-state index in [9.17, 15) is 19.2 Å². The summed E-state index contributed by atoms with van der Waals surface area (Å²) < 4.78 is 0.